The van der Waals surface area contributed by atoms with Gasteiger partial charge in [-0.15, -0.1) is 11.8 Å². The minimum Gasteiger partial charge on any atom is -0.478 e. The number of carbonyl (C=O) groups is 1. The molecular weight excluding hydrogens is 390 g/mol. The summed E-state index contributed by atoms with van der Waals surface area (Å²) >= 11 is 1.74. The summed E-state index contributed by atoms with van der Waals surface area (Å²) in [5.41, 5.74) is 5.21. The lowest BCUT2D eigenvalue weighted by molar-refractivity contribution is 0.0696. The number of aromatic carboxylic acids is 1. The molecule has 0 saturated heterocycles. The van der Waals surface area contributed by atoms with Crippen LogP contribution in [-0.2, 0) is 0 Å². The Labute approximate surface area is 188 Å². The van der Waals surface area contributed by atoms with Crippen molar-refractivity contribution >= 4 is 29.0 Å². The average Bonchev–Trinajstić information content (AvgIpc) is 2.68. The van der Waals surface area contributed by atoms with Gasteiger partial charge in [0.25, 0.3) is 0 Å². The minimum absolute atomic E-state index is 0.338. The van der Waals surface area contributed by atoms with Crippen molar-refractivity contribution in [1.82, 2.24) is 0 Å². The third kappa shape index (κ3) is 7.86. The van der Waals surface area contributed by atoms with Gasteiger partial charge in [-0.3, -0.25) is 0 Å². The van der Waals surface area contributed by atoms with Gasteiger partial charge < -0.3 is 10.0 Å². The number of benzene rings is 1. The third-order valence-corrected chi connectivity index (χ3v) is 5.96. The fourth-order valence-electron chi connectivity index (χ4n) is 3.40. The largest absolute Gasteiger partial charge is 0.478 e. The molecule has 1 N–H and O–H groups in total. The van der Waals surface area contributed by atoms with Crippen LogP contribution in [0.3, 0.4) is 0 Å². The second-order valence-corrected chi connectivity index (χ2v) is 9.63. The monoisotopic (exact) mass is 431 g/mol. The molecule has 1 rings (SSSR count). The molecule has 0 aliphatic rings. The van der Waals surface area contributed by atoms with Gasteiger partial charge >= 0.3 is 5.97 Å². The SMILES string of the molecule is CCCCN(CCCC)c1cc(C(=O)O)cc(SCC)c1/C(=C/C=C(C)C)C(C)C. The molecule has 0 fully saturated rings. The van der Waals surface area contributed by atoms with Crippen LogP contribution >= 0.6 is 11.8 Å². The van der Waals surface area contributed by atoms with E-state index in [1.165, 1.54) is 16.7 Å². The lowest BCUT2D eigenvalue weighted by Crippen LogP contribution is -2.27. The lowest BCUT2D eigenvalue weighted by atomic mass is 9.91. The van der Waals surface area contributed by atoms with Crippen LogP contribution in [-0.4, -0.2) is 29.9 Å². The van der Waals surface area contributed by atoms with Crippen molar-refractivity contribution < 1.29 is 9.90 Å². The second kappa shape index (κ2) is 13.6. The number of hydrogen-bond donors (Lipinski definition) is 1. The highest BCUT2D eigenvalue weighted by molar-refractivity contribution is 7.99. The number of carboxylic acid groups (broad SMARTS) is 1. The number of unbranched alkanes of at least 4 members (excludes halogenated alkanes) is 2. The first-order valence-electron chi connectivity index (χ1n) is 11.4. The third-order valence-electron chi connectivity index (χ3n) is 5.04. The van der Waals surface area contributed by atoms with Crippen molar-refractivity contribution in [2.75, 3.05) is 23.7 Å². The first kappa shape index (κ1) is 26.4. The fraction of sp³-hybridized carbons (Fsp3) is 0.577. The van der Waals surface area contributed by atoms with E-state index in [0.29, 0.717) is 11.5 Å². The maximum absolute atomic E-state index is 11.9. The van der Waals surface area contributed by atoms with Crippen molar-refractivity contribution in [3.63, 3.8) is 0 Å². The van der Waals surface area contributed by atoms with Crippen molar-refractivity contribution in [1.29, 1.82) is 0 Å². The van der Waals surface area contributed by atoms with Crippen LogP contribution in [0.1, 0.15) is 90.1 Å². The Hall–Kier alpha value is -1.68. The Bertz CT molecular complexity index is 738. The summed E-state index contributed by atoms with van der Waals surface area (Å²) in [6, 6.07) is 3.77. The van der Waals surface area contributed by atoms with Gasteiger partial charge in [0.1, 0.15) is 0 Å². The number of thioether (sulfide) groups is 1. The molecule has 0 spiro atoms. The van der Waals surface area contributed by atoms with Crippen LogP contribution in [0.2, 0.25) is 0 Å². The molecular formula is C26H41NO2S. The van der Waals surface area contributed by atoms with E-state index < -0.39 is 5.97 Å². The first-order valence-corrected chi connectivity index (χ1v) is 12.4. The van der Waals surface area contributed by atoms with E-state index in [2.05, 4.69) is 65.5 Å². The molecule has 1 aromatic carbocycles. The minimum atomic E-state index is -0.855. The molecule has 0 amide bonds. The van der Waals surface area contributed by atoms with Gasteiger partial charge in [0.15, 0.2) is 0 Å². The molecule has 0 unspecified atom stereocenters. The fourth-order valence-corrected chi connectivity index (χ4v) is 4.29. The van der Waals surface area contributed by atoms with Gasteiger partial charge in [-0.05, 0) is 56.1 Å². The lowest BCUT2D eigenvalue weighted by Gasteiger charge is -2.30. The molecule has 3 nitrogen and oxygen atoms in total. The number of carboxylic acids is 1. The maximum Gasteiger partial charge on any atom is 0.335 e. The van der Waals surface area contributed by atoms with Gasteiger partial charge in [0.2, 0.25) is 0 Å². The van der Waals surface area contributed by atoms with E-state index >= 15 is 0 Å². The van der Waals surface area contributed by atoms with Crippen LogP contribution < -0.4 is 4.90 Å². The van der Waals surface area contributed by atoms with E-state index in [1.54, 1.807) is 11.8 Å². The summed E-state index contributed by atoms with van der Waals surface area (Å²) in [6.45, 7) is 17.1. The zero-order chi connectivity index (χ0) is 22.7. The quantitative estimate of drug-likeness (QED) is 0.254. The normalized spacial score (nSPS) is 11.7. The van der Waals surface area contributed by atoms with Gasteiger partial charge in [-0.1, -0.05) is 65.2 Å². The predicted octanol–water partition coefficient (Wildman–Crippen LogP) is 7.91. The number of anilines is 1. The molecule has 0 atom stereocenters. The van der Waals surface area contributed by atoms with Crippen LogP contribution in [0.5, 0.6) is 0 Å². The number of hydrogen-bond acceptors (Lipinski definition) is 3. The summed E-state index contributed by atoms with van der Waals surface area (Å²) in [5.74, 6) is 0.393. The molecule has 0 radical (unpaired) electrons. The summed E-state index contributed by atoms with van der Waals surface area (Å²) in [5, 5.41) is 9.80. The van der Waals surface area contributed by atoms with Crippen LogP contribution in [0.25, 0.3) is 5.57 Å². The first-order chi connectivity index (χ1) is 14.3. The zero-order valence-electron chi connectivity index (χ0n) is 20.0. The summed E-state index contributed by atoms with van der Waals surface area (Å²) in [6.07, 6.45) is 8.86. The second-order valence-electron chi connectivity index (χ2n) is 8.32. The van der Waals surface area contributed by atoms with Gasteiger partial charge in [-0.2, -0.15) is 0 Å². The Morgan fingerprint density at radius 1 is 1.07 bits per heavy atom. The summed E-state index contributed by atoms with van der Waals surface area (Å²) in [7, 11) is 0. The number of rotatable bonds is 13. The molecule has 168 valence electrons. The molecule has 0 aliphatic carbocycles. The molecule has 30 heavy (non-hydrogen) atoms. The Kier molecular flexibility index (Phi) is 11.9. The molecule has 0 heterocycles. The molecule has 1 aromatic rings. The van der Waals surface area contributed by atoms with Crippen LogP contribution in [0.4, 0.5) is 5.69 Å². The Balaban J connectivity index is 3.84. The number of nitrogens with zero attached hydrogens (tertiary/aromatic N) is 1. The number of allylic oxidation sites excluding steroid dienone is 4. The maximum atomic E-state index is 11.9. The van der Waals surface area contributed by atoms with Crippen molar-refractivity contribution in [3.05, 3.63) is 41.0 Å². The topological polar surface area (TPSA) is 40.5 Å². The van der Waals surface area contributed by atoms with Crippen LogP contribution in [0, 0.1) is 5.92 Å². The van der Waals surface area contributed by atoms with Crippen molar-refractivity contribution in [2.45, 2.75) is 79.0 Å². The van der Waals surface area contributed by atoms with E-state index in [9.17, 15) is 9.90 Å². The van der Waals surface area contributed by atoms with Gasteiger partial charge in [0.05, 0.1) is 5.56 Å². The molecule has 4 heteroatoms. The predicted molar refractivity (Wildman–Crippen MR) is 134 cm³/mol. The standard InChI is InChI=1S/C26H41NO2S/c1-8-11-15-27(16-12-9-2)23-17-21(26(28)29)18-24(30-10-3)25(23)22(20(6)7)14-13-19(4)5/h13-14,17-18,20H,8-12,15-16H2,1-7H3,(H,28,29)/b22-14+. The Morgan fingerprint density at radius 2 is 1.67 bits per heavy atom. The van der Waals surface area contributed by atoms with E-state index in [0.717, 1.165) is 55.1 Å². The zero-order valence-corrected chi connectivity index (χ0v) is 20.9. The van der Waals surface area contributed by atoms with Gasteiger partial charge in [0, 0.05) is 29.2 Å². The Morgan fingerprint density at radius 3 is 2.10 bits per heavy atom. The summed E-state index contributed by atoms with van der Waals surface area (Å²) < 4.78 is 0. The average molecular weight is 432 g/mol. The molecule has 0 aliphatic heterocycles. The van der Waals surface area contributed by atoms with Crippen LogP contribution in [0.15, 0.2) is 34.8 Å². The van der Waals surface area contributed by atoms with E-state index in [1.807, 2.05) is 12.1 Å². The highest BCUT2D eigenvalue weighted by Gasteiger charge is 2.22. The summed E-state index contributed by atoms with van der Waals surface area (Å²) in [4.78, 5) is 15.4. The highest BCUT2D eigenvalue weighted by Crippen LogP contribution is 2.41. The molecule has 0 saturated carbocycles. The molecule has 0 bridgehead atoms. The van der Waals surface area contributed by atoms with E-state index in [-0.39, 0.29) is 0 Å². The highest BCUT2D eigenvalue weighted by atomic mass is 32.2. The van der Waals surface area contributed by atoms with Crippen molar-refractivity contribution in [2.24, 2.45) is 5.92 Å². The van der Waals surface area contributed by atoms with Gasteiger partial charge in [-0.25, -0.2) is 4.79 Å². The molecule has 0 aromatic heterocycles. The van der Waals surface area contributed by atoms with Crippen molar-refractivity contribution in [3.8, 4) is 0 Å². The van der Waals surface area contributed by atoms with E-state index in [4.69, 9.17) is 0 Å². The smallest absolute Gasteiger partial charge is 0.335 e.